The van der Waals surface area contributed by atoms with Gasteiger partial charge in [-0.3, -0.25) is 4.79 Å². The highest BCUT2D eigenvalue weighted by atomic mass is 16.5. The van der Waals surface area contributed by atoms with Gasteiger partial charge in [0.15, 0.2) is 0 Å². The van der Waals surface area contributed by atoms with E-state index in [0.29, 0.717) is 13.1 Å². The molecule has 0 aromatic carbocycles. The summed E-state index contributed by atoms with van der Waals surface area (Å²) < 4.78 is 4.48. The molecular weight excluding hydrogens is 186 g/mol. The standard InChI is InChI=1S/C8H17N3O3/c1-3-10-7(12)6(2)11-4-5-14-8(9)13/h6,11H,3-5H2,1-2H3,(H2,9,13)(H,10,12). The zero-order valence-corrected chi connectivity index (χ0v) is 8.50. The van der Waals surface area contributed by atoms with E-state index in [0.717, 1.165) is 0 Å². The number of carbonyl (C=O) groups excluding carboxylic acids is 2. The summed E-state index contributed by atoms with van der Waals surface area (Å²) in [5, 5.41) is 5.54. The molecule has 82 valence electrons. The van der Waals surface area contributed by atoms with Gasteiger partial charge in [-0.15, -0.1) is 0 Å². The zero-order chi connectivity index (χ0) is 11.0. The second kappa shape index (κ2) is 7.14. The Labute approximate surface area is 83.2 Å². The molecule has 0 fully saturated rings. The number of hydrogen-bond donors (Lipinski definition) is 3. The maximum atomic E-state index is 11.2. The van der Waals surface area contributed by atoms with Crippen molar-refractivity contribution < 1.29 is 14.3 Å². The monoisotopic (exact) mass is 203 g/mol. The second-order valence-corrected chi connectivity index (χ2v) is 2.74. The molecule has 0 saturated carbocycles. The van der Waals surface area contributed by atoms with Crippen LogP contribution in [0, 0.1) is 0 Å². The second-order valence-electron chi connectivity index (χ2n) is 2.74. The summed E-state index contributed by atoms with van der Waals surface area (Å²) in [4.78, 5) is 21.3. The summed E-state index contributed by atoms with van der Waals surface area (Å²) in [5.41, 5.74) is 4.75. The van der Waals surface area contributed by atoms with E-state index in [4.69, 9.17) is 5.73 Å². The third-order valence-corrected chi connectivity index (χ3v) is 1.54. The van der Waals surface area contributed by atoms with Crippen molar-refractivity contribution in [3.05, 3.63) is 0 Å². The first-order valence-electron chi connectivity index (χ1n) is 4.51. The fraction of sp³-hybridized carbons (Fsp3) is 0.750. The van der Waals surface area contributed by atoms with Gasteiger partial charge in [-0.05, 0) is 13.8 Å². The van der Waals surface area contributed by atoms with E-state index in [9.17, 15) is 9.59 Å². The SMILES string of the molecule is CCNC(=O)C(C)NCCOC(N)=O. The Balaban J connectivity index is 3.48. The first kappa shape index (κ1) is 12.7. The van der Waals surface area contributed by atoms with Crippen LogP contribution in [0.15, 0.2) is 0 Å². The molecule has 0 bridgehead atoms. The van der Waals surface area contributed by atoms with Crippen LogP contribution in [0.5, 0.6) is 0 Å². The molecular formula is C8H17N3O3. The smallest absolute Gasteiger partial charge is 0.404 e. The third kappa shape index (κ3) is 6.24. The molecule has 1 atom stereocenters. The van der Waals surface area contributed by atoms with Crippen LogP contribution in [0.2, 0.25) is 0 Å². The Morgan fingerprint density at radius 1 is 1.50 bits per heavy atom. The van der Waals surface area contributed by atoms with Crippen LogP contribution in [0.25, 0.3) is 0 Å². The summed E-state index contributed by atoms with van der Waals surface area (Å²) in [5.74, 6) is -0.0772. The number of nitrogens with two attached hydrogens (primary N) is 1. The van der Waals surface area contributed by atoms with Crippen molar-refractivity contribution in [1.29, 1.82) is 0 Å². The minimum Gasteiger partial charge on any atom is -0.448 e. The Bertz CT molecular complexity index is 196. The van der Waals surface area contributed by atoms with E-state index in [1.54, 1.807) is 6.92 Å². The summed E-state index contributed by atoms with van der Waals surface area (Å²) in [7, 11) is 0. The summed E-state index contributed by atoms with van der Waals surface area (Å²) in [6, 6.07) is -0.300. The Morgan fingerprint density at radius 3 is 2.64 bits per heavy atom. The largest absolute Gasteiger partial charge is 0.448 e. The van der Waals surface area contributed by atoms with Gasteiger partial charge in [0, 0.05) is 13.1 Å². The average molecular weight is 203 g/mol. The van der Waals surface area contributed by atoms with Gasteiger partial charge in [0.1, 0.15) is 6.61 Å². The van der Waals surface area contributed by atoms with E-state index in [1.807, 2.05) is 6.92 Å². The molecule has 14 heavy (non-hydrogen) atoms. The van der Waals surface area contributed by atoms with Gasteiger partial charge in [0.05, 0.1) is 6.04 Å². The molecule has 0 heterocycles. The van der Waals surface area contributed by atoms with Crippen molar-refractivity contribution in [2.24, 2.45) is 5.73 Å². The number of amides is 2. The molecule has 0 aliphatic carbocycles. The van der Waals surface area contributed by atoms with Crippen LogP contribution in [0.4, 0.5) is 4.79 Å². The van der Waals surface area contributed by atoms with Gasteiger partial charge in [0.2, 0.25) is 5.91 Å². The molecule has 0 radical (unpaired) electrons. The Kier molecular flexibility index (Phi) is 6.47. The maximum Gasteiger partial charge on any atom is 0.404 e. The summed E-state index contributed by atoms with van der Waals surface area (Å²) >= 11 is 0. The van der Waals surface area contributed by atoms with Gasteiger partial charge in [-0.1, -0.05) is 0 Å². The number of rotatable bonds is 6. The molecule has 0 spiro atoms. The van der Waals surface area contributed by atoms with Crippen LogP contribution < -0.4 is 16.4 Å². The lowest BCUT2D eigenvalue weighted by Crippen LogP contribution is -2.43. The van der Waals surface area contributed by atoms with Crippen molar-refractivity contribution in [3.8, 4) is 0 Å². The van der Waals surface area contributed by atoms with Crippen LogP contribution in [-0.2, 0) is 9.53 Å². The number of hydrogen-bond acceptors (Lipinski definition) is 4. The van der Waals surface area contributed by atoms with Crippen LogP contribution in [0.3, 0.4) is 0 Å². The van der Waals surface area contributed by atoms with Crippen molar-refractivity contribution >= 4 is 12.0 Å². The zero-order valence-electron chi connectivity index (χ0n) is 8.50. The van der Waals surface area contributed by atoms with Gasteiger partial charge < -0.3 is 21.1 Å². The molecule has 6 nitrogen and oxygen atoms in total. The lowest BCUT2D eigenvalue weighted by Gasteiger charge is -2.12. The minimum atomic E-state index is -0.808. The summed E-state index contributed by atoms with van der Waals surface area (Å²) in [6.07, 6.45) is -0.808. The fourth-order valence-electron chi connectivity index (χ4n) is 0.847. The lowest BCUT2D eigenvalue weighted by molar-refractivity contribution is -0.122. The average Bonchev–Trinajstić information content (AvgIpc) is 2.12. The molecule has 0 rings (SSSR count). The van der Waals surface area contributed by atoms with E-state index < -0.39 is 6.09 Å². The van der Waals surface area contributed by atoms with E-state index in [1.165, 1.54) is 0 Å². The quantitative estimate of drug-likeness (QED) is 0.492. The first-order valence-corrected chi connectivity index (χ1v) is 4.51. The van der Waals surface area contributed by atoms with E-state index >= 15 is 0 Å². The molecule has 0 aliphatic rings. The van der Waals surface area contributed by atoms with Crippen molar-refractivity contribution in [2.75, 3.05) is 19.7 Å². The van der Waals surface area contributed by atoms with E-state index in [-0.39, 0.29) is 18.6 Å². The molecule has 0 aliphatic heterocycles. The Hall–Kier alpha value is -1.30. The predicted molar refractivity (Wildman–Crippen MR) is 51.7 cm³/mol. The predicted octanol–water partition coefficient (Wildman–Crippen LogP) is -0.804. The normalized spacial score (nSPS) is 11.9. The number of nitrogens with one attached hydrogen (secondary N) is 2. The van der Waals surface area contributed by atoms with E-state index in [2.05, 4.69) is 15.4 Å². The molecule has 6 heteroatoms. The first-order chi connectivity index (χ1) is 6.57. The molecule has 0 aromatic rings. The van der Waals surface area contributed by atoms with Gasteiger partial charge >= 0.3 is 6.09 Å². The molecule has 1 unspecified atom stereocenters. The maximum absolute atomic E-state index is 11.2. The third-order valence-electron chi connectivity index (χ3n) is 1.54. The molecule has 2 amide bonds. The van der Waals surface area contributed by atoms with Gasteiger partial charge in [-0.25, -0.2) is 4.79 Å². The van der Waals surface area contributed by atoms with Gasteiger partial charge in [0.25, 0.3) is 0 Å². The number of primary amides is 1. The number of carbonyl (C=O) groups is 2. The van der Waals surface area contributed by atoms with Crippen LogP contribution >= 0.6 is 0 Å². The molecule has 4 N–H and O–H groups in total. The lowest BCUT2D eigenvalue weighted by atomic mass is 10.3. The molecule has 0 saturated heterocycles. The van der Waals surface area contributed by atoms with Crippen molar-refractivity contribution in [3.63, 3.8) is 0 Å². The highest BCUT2D eigenvalue weighted by Crippen LogP contribution is 1.81. The fourth-order valence-corrected chi connectivity index (χ4v) is 0.847. The van der Waals surface area contributed by atoms with Crippen LogP contribution in [0.1, 0.15) is 13.8 Å². The summed E-state index contributed by atoms with van der Waals surface area (Å²) in [6.45, 7) is 4.75. The number of likely N-dealkylation sites (N-methyl/N-ethyl adjacent to an activating group) is 1. The van der Waals surface area contributed by atoms with Crippen molar-refractivity contribution in [1.82, 2.24) is 10.6 Å². The highest BCUT2D eigenvalue weighted by Gasteiger charge is 2.09. The highest BCUT2D eigenvalue weighted by molar-refractivity contribution is 5.81. The Morgan fingerprint density at radius 2 is 2.14 bits per heavy atom. The van der Waals surface area contributed by atoms with Crippen LogP contribution in [-0.4, -0.2) is 37.7 Å². The minimum absolute atomic E-state index is 0.0772. The molecule has 0 aromatic heterocycles. The topological polar surface area (TPSA) is 93.4 Å². The van der Waals surface area contributed by atoms with Crippen molar-refractivity contribution in [2.45, 2.75) is 19.9 Å². The van der Waals surface area contributed by atoms with Gasteiger partial charge in [-0.2, -0.15) is 0 Å². The number of ether oxygens (including phenoxy) is 1.